The highest BCUT2D eigenvalue weighted by Gasteiger charge is 2.00. The molecule has 0 amide bonds. The van der Waals surface area contributed by atoms with Gasteiger partial charge in [0.25, 0.3) is 0 Å². The van der Waals surface area contributed by atoms with Crippen molar-refractivity contribution in [2.24, 2.45) is 5.73 Å². The Morgan fingerprint density at radius 1 is 1.57 bits per heavy atom. The molecule has 0 fully saturated rings. The number of hydrazine groups is 1. The second kappa shape index (κ2) is 5.21. The van der Waals surface area contributed by atoms with Crippen LogP contribution >= 0.6 is 12.6 Å². The van der Waals surface area contributed by atoms with Gasteiger partial charge in [-0.3, -0.25) is 5.43 Å². The molecule has 0 spiro atoms. The fourth-order valence-electron chi connectivity index (χ4n) is 1.11. The van der Waals surface area contributed by atoms with Gasteiger partial charge < -0.3 is 10.8 Å². The molecule has 0 saturated carbocycles. The standard InChI is InChI=1S/C9H15N3OS/c1-6-2-3-8(13)7(4-6)5-11-12-9(10)14/h2-4,9,11-14H,5,10H2,1H3. The van der Waals surface area contributed by atoms with Gasteiger partial charge in [-0.15, -0.1) is 12.6 Å². The van der Waals surface area contributed by atoms with Crippen LogP contribution in [0, 0.1) is 6.92 Å². The zero-order valence-corrected chi connectivity index (χ0v) is 8.88. The third-order valence-electron chi connectivity index (χ3n) is 1.76. The van der Waals surface area contributed by atoms with Gasteiger partial charge in [0.05, 0.1) is 0 Å². The number of hydrogen-bond donors (Lipinski definition) is 5. The number of thiol groups is 1. The van der Waals surface area contributed by atoms with E-state index in [0.717, 1.165) is 11.1 Å². The van der Waals surface area contributed by atoms with Gasteiger partial charge in [-0.1, -0.05) is 17.7 Å². The monoisotopic (exact) mass is 213 g/mol. The number of rotatable bonds is 4. The summed E-state index contributed by atoms with van der Waals surface area (Å²) in [5.41, 5.74) is 12.4. The molecule has 0 radical (unpaired) electrons. The molecule has 5 heteroatoms. The smallest absolute Gasteiger partial charge is 0.120 e. The Labute approximate surface area is 88.9 Å². The highest BCUT2D eigenvalue weighted by molar-refractivity contribution is 7.80. The summed E-state index contributed by atoms with van der Waals surface area (Å²) >= 11 is 3.93. The molecule has 0 aliphatic heterocycles. The Morgan fingerprint density at radius 2 is 2.29 bits per heavy atom. The summed E-state index contributed by atoms with van der Waals surface area (Å²) in [4.78, 5) is 0. The van der Waals surface area contributed by atoms with Crippen LogP contribution in [-0.2, 0) is 6.54 Å². The first-order valence-electron chi connectivity index (χ1n) is 4.30. The zero-order chi connectivity index (χ0) is 10.6. The van der Waals surface area contributed by atoms with E-state index in [1.807, 2.05) is 19.1 Å². The van der Waals surface area contributed by atoms with Crippen LogP contribution in [0.5, 0.6) is 5.75 Å². The van der Waals surface area contributed by atoms with Crippen LogP contribution in [0.1, 0.15) is 11.1 Å². The van der Waals surface area contributed by atoms with E-state index in [0.29, 0.717) is 6.54 Å². The average molecular weight is 213 g/mol. The molecule has 4 nitrogen and oxygen atoms in total. The quantitative estimate of drug-likeness (QED) is 0.286. The molecule has 14 heavy (non-hydrogen) atoms. The average Bonchev–Trinajstić information content (AvgIpc) is 2.10. The van der Waals surface area contributed by atoms with Gasteiger partial charge in [-0.25, -0.2) is 5.43 Å². The second-order valence-electron chi connectivity index (χ2n) is 3.07. The number of phenolic OH excluding ortho intramolecular Hbond substituents is 1. The molecule has 1 unspecified atom stereocenters. The molecule has 5 N–H and O–H groups in total. The van der Waals surface area contributed by atoms with Crippen molar-refractivity contribution in [2.45, 2.75) is 19.0 Å². The molecule has 0 aliphatic rings. The molecular formula is C9H15N3OS. The van der Waals surface area contributed by atoms with E-state index in [4.69, 9.17) is 5.73 Å². The van der Waals surface area contributed by atoms with E-state index in [9.17, 15) is 5.11 Å². The number of benzene rings is 1. The highest BCUT2D eigenvalue weighted by atomic mass is 32.1. The van der Waals surface area contributed by atoms with Gasteiger partial charge in [-0.05, 0) is 13.0 Å². The highest BCUT2D eigenvalue weighted by Crippen LogP contribution is 2.17. The van der Waals surface area contributed by atoms with Crippen molar-refractivity contribution in [1.82, 2.24) is 10.9 Å². The first-order chi connectivity index (χ1) is 6.59. The number of hydrogen-bond acceptors (Lipinski definition) is 5. The van der Waals surface area contributed by atoms with E-state index >= 15 is 0 Å². The maximum Gasteiger partial charge on any atom is 0.120 e. The topological polar surface area (TPSA) is 70.3 Å². The summed E-state index contributed by atoms with van der Waals surface area (Å²) in [7, 11) is 0. The Morgan fingerprint density at radius 3 is 2.93 bits per heavy atom. The Hall–Kier alpha value is -0.750. The molecule has 1 rings (SSSR count). The number of nitrogens with one attached hydrogen (secondary N) is 2. The normalized spacial score (nSPS) is 12.8. The van der Waals surface area contributed by atoms with Gasteiger partial charge in [0.15, 0.2) is 0 Å². The first-order valence-corrected chi connectivity index (χ1v) is 4.82. The lowest BCUT2D eigenvalue weighted by atomic mass is 10.1. The molecule has 0 bridgehead atoms. The summed E-state index contributed by atoms with van der Waals surface area (Å²) in [6.45, 7) is 2.47. The molecule has 1 atom stereocenters. The van der Waals surface area contributed by atoms with Gasteiger partial charge in [0.1, 0.15) is 11.2 Å². The predicted molar refractivity (Wildman–Crippen MR) is 59.8 cm³/mol. The maximum atomic E-state index is 9.48. The number of nitrogens with two attached hydrogens (primary N) is 1. The van der Waals surface area contributed by atoms with Crippen LogP contribution < -0.4 is 16.6 Å². The molecule has 0 saturated heterocycles. The minimum absolute atomic E-state index is 0.276. The molecule has 1 aromatic rings. The fraction of sp³-hybridized carbons (Fsp3) is 0.333. The first kappa shape index (κ1) is 11.3. The summed E-state index contributed by atoms with van der Waals surface area (Å²) in [6.07, 6.45) is 0. The van der Waals surface area contributed by atoms with Gasteiger partial charge in [0, 0.05) is 12.1 Å². The van der Waals surface area contributed by atoms with Crippen LogP contribution in [0.3, 0.4) is 0 Å². The van der Waals surface area contributed by atoms with Gasteiger partial charge >= 0.3 is 0 Å². The van der Waals surface area contributed by atoms with Crippen LogP contribution in [-0.4, -0.2) is 10.6 Å². The van der Waals surface area contributed by atoms with Crippen molar-refractivity contribution in [1.29, 1.82) is 0 Å². The minimum atomic E-state index is -0.415. The largest absolute Gasteiger partial charge is 0.508 e. The summed E-state index contributed by atoms with van der Waals surface area (Å²) < 4.78 is 0. The second-order valence-corrected chi connectivity index (χ2v) is 3.63. The van der Waals surface area contributed by atoms with E-state index in [1.54, 1.807) is 6.07 Å². The number of aromatic hydroxyl groups is 1. The lowest BCUT2D eigenvalue weighted by Crippen LogP contribution is -2.42. The van der Waals surface area contributed by atoms with Crippen molar-refractivity contribution in [3.63, 3.8) is 0 Å². The third kappa shape index (κ3) is 3.55. The fourth-order valence-corrected chi connectivity index (χ4v) is 1.20. The van der Waals surface area contributed by atoms with Gasteiger partial charge in [-0.2, -0.15) is 0 Å². The Kier molecular flexibility index (Phi) is 4.21. The van der Waals surface area contributed by atoms with Crippen LogP contribution in [0.2, 0.25) is 0 Å². The predicted octanol–water partition coefficient (Wildman–Crippen LogP) is 0.467. The molecular weight excluding hydrogens is 198 g/mol. The Bertz CT molecular complexity index is 304. The number of phenols is 1. The summed E-state index contributed by atoms with van der Waals surface area (Å²) in [5, 5.41) is 9.48. The lowest BCUT2D eigenvalue weighted by molar-refractivity contribution is 0.454. The Balaban J connectivity index is 2.53. The SMILES string of the molecule is Cc1ccc(O)c(CNNC(N)S)c1. The zero-order valence-electron chi connectivity index (χ0n) is 7.99. The van der Waals surface area contributed by atoms with E-state index in [-0.39, 0.29) is 5.75 Å². The molecule has 0 aliphatic carbocycles. The van der Waals surface area contributed by atoms with Crippen LogP contribution in [0.4, 0.5) is 0 Å². The van der Waals surface area contributed by atoms with Crippen LogP contribution in [0.15, 0.2) is 18.2 Å². The van der Waals surface area contributed by atoms with Crippen molar-refractivity contribution in [3.8, 4) is 5.75 Å². The van der Waals surface area contributed by atoms with E-state index in [2.05, 4.69) is 23.5 Å². The summed E-state index contributed by atoms with van der Waals surface area (Å²) in [6, 6.07) is 5.44. The summed E-state index contributed by atoms with van der Waals surface area (Å²) in [5.74, 6) is 0.276. The number of aryl methyl sites for hydroxylation is 1. The van der Waals surface area contributed by atoms with Crippen LogP contribution in [0.25, 0.3) is 0 Å². The maximum absolute atomic E-state index is 9.48. The van der Waals surface area contributed by atoms with Crippen molar-refractivity contribution in [3.05, 3.63) is 29.3 Å². The molecule has 0 heterocycles. The van der Waals surface area contributed by atoms with E-state index < -0.39 is 5.50 Å². The third-order valence-corrected chi connectivity index (χ3v) is 1.89. The van der Waals surface area contributed by atoms with E-state index in [1.165, 1.54) is 0 Å². The van der Waals surface area contributed by atoms with Crippen molar-refractivity contribution >= 4 is 12.6 Å². The molecule has 78 valence electrons. The molecule has 1 aromatic carbocycles. The lowest BCUT2D eigenvalue weighted by Gasteiger charge is -2.10. The van der Waals surface area contributed by atoms with Crippen molar-refractivity contribution in [2.75, 3.05) is 0 Å². The van der Waals surface area contributed by atoms with Gasteiger partial charge in [0.2, 0.25) is 0 Å². The molecule has 0 aromatic heterocycles. The minimum Gasteiger partial charge on any atom is -0.508 e. The van der Waals surface area contributed by atoms with Crippen molar-refractivity contribution < 1.29 is 5.11 Å².